The van der Waals surface area contributed by atoms with Crippen LogP contribution in [0.4, 0.5) is 0 Å². The number of carbonyl (C=O) groups excluding carboxylic acids is 2. The zero-order valence-corrected chi connectivity index (χ0v) is 25.7. The van der Waals surface area contributed by atoms with Crippen molar-refractivity contribution >= 4 is 43.4 Å². The second kappa shape index (κ2) is 15.5. The van der Waals surface area contributed by atoms with Gasteiger partial charge in [0.2, 0.25) is 16.9 Å². The molecule has 0 unspecified atom stereocenters. The van der Waals surface area contributed by atoms with Crippen LogP contribution in [0.1, 0.15) is 26.4 Å². The zero-order valence-electron chi connectivity index (χ0n) is 18.2. The van der Waals surface area contributed by atoms with E-state index in [-0.39, 0.29) is 59.5 Å². The Morgan fingerprint density at radius 2 is 1.29 bits per heavy atom. The van der Waals surface area contributed by atoms with Crippen LogP contribution in [0.2, 0.25) is 0 Å². The smallest absolute Gasteiger partial charge is 0.256 e. The number of Topliss-reactive ketones (excluding diaryl/α,β-unsaturated/α-hetero) is 1. The summed E-state index contributed by atoms with van der Waals surface area (Å²) in [6.07, 6.45) is 3.75. The summed E-state index contributed by atoms with van der Waals surface area (Å²) in [7, 11) is 1.87. The van der Waals surface area contributed by atoms with Crippen molar-refractivity contribution in [2.75, 3.05) is 0 Å². The zero-order chi connectivity index (χ0) is 22.9. The highest BCUT2D eigenvalue weighted by atomic mass is 127. The quantitative estimate of drug-likeness (QED) is 0.114. The molecule has 0 saturated carbocycles. The fourth-order valence-corrected chi connectivity index (χ4v) is 3.62. The van der Waals surface area contributed by atoms with Crippen molar-refractivity contribution in [1.82, 2.24) is 0 Å². The number of hydrogen-bond donors (Lipinski definition) is 0. The van der Waals surface area contributed by atoms with E-state index in [0.717, 1.165) is 14.6 Å². The summed E-state index contributed by atoms with van der Waals surface area (Å²) in [5.41, 5.74) is 2.13. The summed E-state index contributed by atoms with van der Waals surface area (Å²) in [6.45, 7) is 0.353. The van der Waals surface area contributed by atoms with Crippen molar-refractivity contribution in [3.05, 3.63) is 129 Å². The molecule has 0 amide bonds. The molecule has 0 bridgehead atoms. The molecule has 0 spiro atoms. The third kappa shape index (κ3) is 8.94. The summed E-state index contributed by atoms with van der Waals surface area (Å²) < 4.78 is 5.57. The van der Waals surface area contributed by atoms with E-state index in [4.69, 9.17) is 0 Å². The van der Waals surface area contributed by atoms with Crippen LogP contribution in [-0.2, 0) is 13.6 Å². The fraction of sp³-hybridized carbons (Fsp3) is 0.0769. The van der Waals surface area contributed by atoms with Gasteiger partial charge in [-0.05, 0) is 36.4 Å². The van der Waals surface area contributed by atoms with Crippen LogP contribution in [0.3, 0.4) is 0 Å². The number of ketones is 2. The first kappa shape index (κ1) is 30.5. The number of hydrogen-bond acceptors (Lipinski definition) is 2. The SMILES string of the molecule is C[n+]1ccccc1C(=O)c1ccc(Br)cc1.O=C(C[n+]1ccccc1Br)c1ccccc1.[I-].[I-]. The molecule has 34 heavy (non-hydrogen) atoms. The van der Waals surface area contributed by atoms with Gasteiger partial charge in [0.05, 0.1) is 0 Å². The van der Waals surface area contributed by atoms with E-state index < -0.39 is 0 Å². The fourth-order valence-electron chi connectivity index (χ4n) is 2.96. The molecular formula is C26H22Br2I2N2O2. The molecule has 0 saturated heterocycles. The maximum atomic E-state index is 12.1. The number of carbonyl (C=O) groups is 2. The molecule has 0 aliphatic carbocycles. The highest BCUT2D eigenvalue weighted by molar-refractivity contribution is 9.10. The lowest BCUT2D eigenvalue weighted by Gasteiger charge is -1.99. The van der Waals surface area contributed by atoms with E-state index in [1.165, 1.54) is 0 Å². The molecule has 4 aromatic rings. The third-order valence-electron chi connectivity index (χ3n) is 4.69. The standard InChI is InChI=1S/2C13H11BrNO.2HI/c1-15-9-3-2-4-12(15)13(16)10-5-7-11(14)8-6-10;14-13-8-4-5-9-15(13)10-12(16)11-6-2-1-3-7-11;;/h2-9H,1H3;1-9H,10H2;2*1H/q2*+1;;/p-2. The highest BCUT2D eigenvalue weighted by Gasteiger charge is 2.17. The van der Waals surface area contributed by atoms with Gasteiger partial charge in [-0.2, -0.15) is 9.13 Å². The van der Waals surface area contributed by atoms with Gasteiger partial charge in [0.1, 0.15) is 7.05 Å². The summed E-state index contributed by atoms with van der Waals surface area (Å²) in [5, 5.41) is 0. The van der Waals surface area contributed by atoms with Crippen molar-refractivity contribution < 1.29 is 66.7 Å². The van der Waals surface area contributed by atoms with Crippen molar-refractivity contribution in [3.63, 3.8) is 0 Å². The molecule has 176 valence electrons. The molecule has 0 atom stereocenters. The van der Waals surface area contributed by atoms with Crippen molar-refractivity contribution in [2.45, 2.75) is 6.54 Å². The minimum absolute atomic E-state index is 0. The first-order valence-corrected chi connectivity index (χ1v) is 11.5. The van der Waals surface area contributed by atoms with Gasteiger partial charge in [-0.15, -0.1) is 0 Å². The second-order valence-corrected chi connectivity index (χ2v) is 8.70. The van der Waals surface area contributed by atoms with Gasteiger partial charge >= 0.3 is 0 Å². The van der Waals surface area contributed by atoms with E-state index >= 15 is 0 Å². The molecule has 2 heterocycles. The number of benzene rings is 2. The second-order valence-electron chi connectivity index (χ2n) is 6.97. The van der Waals surface area contributed by atoms with Crippen molar-refractivity contribution in [3.8, 4) is 0 Å². The maximum Gasteiger partial charge on any atom is 0.256 e. The molecule has 4 rings (SSSR count). The molecule has 0 aliphatic heterocycles. The predicted molar refractivity (Wildman–Crippen MR) is 130 cm³/mol. The van der Waals surface area contributed by atoms with Crippen LogP contribution in [0, 0.1) is 0 Å². The van der Waals surface area contributed by atoms with Gasteiger partial charge in [0, 0.05) is 55.8 Å². The minimum Gasteiger partial charge on any atom is -1.00 e. The van der Waals surface area contributed by atoms with E-state index in [1.807, 2.05) is 120 Å². The molecule has 2 aromatic heterocycles. The van der Waals surface area contributed by atoms with Gasteiger partial charge in [-0.1, -0.05) is 46.3 Å². The van der Waals surface area contributed by atoms with E-state index in [1.54, 1.807) is 0 Å². The Hall–Kier alpha value is -1.50. The summed E-state index contributed by atoms with van der Waals surface area (Å²) in [5.74, 6) is 0.146. The van der Waals surface area contributed by atoms with Crippen LogP contribution in [0.25, 0.3) is 0 Å². The van der Waals surface area contributed by atoms with Crippen LogP contribution >= 0.6 is 31.9 Å². The molecule has 0 aliphatic rings. The Labute approximate surface area is 250 Å². The lowest BCUT2D eigenvalue weighted by Crippen LogP contribution is -3.00. The summed E-state index contributed by atoms with van der Waals surface area (Å²) in [6, 6.07) is 28.0. The highest BCUT2D eigenvalue weighted by Crippen LogP contribution is 2.12. The van der Waals surface area contributed by atoms with Gasteiger partial charge in [-0.25, -0.2) is 0 Å². The molecule has 0 fully saturated rings. The maximum absolute atomic E-state index is 12.1. The molecule has 0 N–H and O–H groups in total. The lowest BCUT2D eigenvalue weighted by atomic mass is 10.1. The average Bonchev–Trinajstić information content (AvgIpc) is 2.82. The monoisotopic (exact) mass is 806 g/mol. The van der Waals surface area contributed by atoms with Crippen LogP contribution in [0.15, 0.2) is 112 Å². The summed E-state index contributed by atoms with van der Waals surface area (Å²) >= 11 is 6.76. The van der Waals surface area contributed by atoms with E-state index in [2.05, 4.69) is 31.9 Å². The van der Waals surface area contributed by atoms with Crippen LogP contribution in [-0.4, -0.2) is 11.6 Å². The number of pyridine rings is 2. The summed E-state index contributed by atoms with van der Waals surface area (Å²) in [4.78, 5) is 24.1. The Balaban J connectivity index is 0.000000321. The Bertz CT molecular complexity index is 1220. The first-order chi connectivity index (χ1) is 15.5. The van der Waals surface area contributed by atoms with Gasteiger partial charge in [-0.3, -0.25) is 9.59 Å². The first-order valence-electron chi connectivity index (χ1n) is 9.93. The van der Waals surface area contributed by atoms with Gasteiger partial charge < -0.3 is 48.0 Å². The predicted octanol–water partition coefficient (Wildman–Crippen LogP) is -0.868. The number of halogens is 4. The number of rotatable bonds is 5. The molecule has 4 nitrogen and oxygen atoms in total. The number of aromatic nitrogens is 2. The van der Waals surface area contributed by atoms with Crippen molar-refractivity contribution in [2.24, 2.45) is 7.05 Å². The average molecular weight is 808 g/mol. The van der Waals surface area contributed by atoms with Crippen molar-refractivity contribution in [1.29, 1.82) is 0 Å². The topological polar surface area (TPSA) is 41.9 Å². The van der Waals surface area contributed by atoms with Crippen LogP contribution < -0.4 is 57.1 Å². The van der Waals surface area contributed by atoms with E-state index in [0.29, 0.717) is 17.8 Å². The molecule has 2 aromatic carbocycles. The third-order valence-corrected chi connectivity index (χ3v) is 5.94. The van der Waals surface area contributed by atoms with Crippen LogP contribution in [0.5, 0.6) is 0 Å². The molecule has 0 radical (unpaired) electrons. The molecule has 8 heteroatoms. The number of nitrogens with zero attached hydrogens (tertiary/aromatic N) is 2. The Kier molecular flexibility index (Phi) is 13.9. The Morgan fingerprint density at radius 1 is 0.706 bits per heavy atom. The molecular weight excluding hydrogens is 786 g/mol. The van der Waals surface area contributed by atoms with Gasteiger partial charge in [0.15, 0.2) is 12.4 Å². The van der Waals surface area contributed by atoms with E-state index in [9.17, 15) is 9.59 Å². The minimum atomic E-state index is 0. The Morgan fingerprint density at radius 3 is 1.91 bits per heavy atom. The normalized spacial score (nSPS) is 9.50. The van der Waals surface area contributed by atoms with Gasteiger partial charge in [0.25, 0.3) is 11.5 Å². The lowest BCUT2D eigenvalue weighted by molar-refractivity contribution is -0.694. The largest absolute Gasteiger partial charge is 1.00 e. The number of aryl methyl sites for hydroxylation is 1.